The number of hydrogen-bond acceptors (Lipinski definition) is 2. The number of hydrogen-bond donors (Lipinski definition) is 2. The molecule has 0 aliphatic heterocycles. The van der Waals surface area contributed by atoms with Gasteiger partial charge in [0.15, 0.2) is 0 Å². The first-order valence-corrected chi connectivity index (χ1v) is 5.75. The summed E-state index contributed by atoms with van der Waals surface area (Å²) in [5.41, 5.74) is 8.55. The number of nitrogen functional groups attached to an aromatic ring is 1. The molecule has 4 nitrogen and oxygen atoms in total. The zero-order valence-electron chi connectivity index (χ0n) is 10.1. The largest absolute Gasteiger partial charge is 0.478 e. The van der Waals surface area contributed by atoms with Gasteiger partial charge in [-0.15, -0.1) is 0 Å². The quantitative estimate of drug-likeness (QED) is 0.876. The monoisotopic (exact) mass is 264 g/mol. The average molecular weight is 265 g/mol. The van der Waals surface area contributed by atoms with Gasteiger partial charge in [-0.3, -0.25) is 0 Å². The molecule has 0 radical (unpaired) electrons. The maximum absolute atomic E-state index is 11.2. The predicted molar refractivity (Wildman–Crippen MR) is 72.0 cm³/mol. The lowest BCUT2D eigenvalue weighted by Crippen LogP contribution is -2.01. The molecule has 94 valence electrons. The Bertz CT molecular complexity index is 615. The van der Waals surface area contributed by atoms with Crippen LogP contribution in [0.4, 0.5) is 5.69 Å². The SMILES string of the molecule is Cc1c(C(=O)O)c(N)c(-c2ccc(Cl)cc2)n1C. The maximum atomic E-state index is 11.2. The van der Waals surface area contributed by atoms with Crippen LogP contribution in [0.25, 0.3) is 11.3 Å². The van der Waals surface area contributed by atoms with Crippen molar-refractivity contribution in [2.45, 2.75) is 6.92 Å². The Kier molecular flexibility index (Phi) is 3.05. The molecule has 0 aliphatic carbocycles. The minimum absolute atomic E-state index is 0.155. The molecule has 0 spiro atoms. The Morgan fingerprint density at radius 2 is 1.89 bits per heavy atom. The third kappa shape index (κ3) is 1.84. The summed E-state index contributed by atoms with van der Waals surface area (Å²) in [6, 6.07) is 7.14. The fraction of sp³-hybridized carbons (Fsp3) is 0.154. The van der Waals surface area contributed by atoms with Crippen LogP contribution in [-0.4, -0.2) is 15.6 Å². The second-order valence-corrected chi connectivity index (χ2v) is 4.53. The number of carboxylic acids is 1. The van der Waals surface area contributed by atoms with Crippen molar-refractivity contribution < 1.29 is 9.90 Å². The van der Waals surface area contributed by atoms with Crippen LogP contribution in [0.15, 0.2) is 24.3 Å². The second kappa shape index (κ2) is 4.38. The summed E-state index contributed by atoms with van der Waals surface area (Å²) < 4.78 is 1.78. The van der Waals surface area contributed by atoms with Gasteiger partial charge in [-0.1, -0.05) is 23.7 Å². The lowest BCUT2D eigenvalue weighted by Gasteiger charge is -2.06. The molecular formula is C13H13ClN2O2. The van der Waals surface area contributed by atoms with Gasteiger partial charge in [-0.25, -0.2) is 4.79 Å². The first-order chi connectivity index (χ1) is 8.43. The standard InChI is InChI=1S/C13H13ClN2O2/c1-7-10(13(17)18)11(15)12(16(7)2)8-3-5-9(14)6-4-8/h3-6H,15H2,1-2H3,(H,17,18). The first kappa shape index (κ1) is 12.5. The van der Waals surface area contributed by atoms with Gasteiger partial charge in [-0.05, 0) is 19.1 Å². The molecule has 0 unspecified atom stereocenters. The van der Waals surface area contributed by atoms with Gasteiger partial charge >= 0.3 is 5.97 Å². The molecule has 0 amide bonds. The zero-order chi connectivity index (χ0) is 13.4. The number of anilines is 1. The summed E-state index contributed by atoms with van der Waals surface area (Å²) in [7, 11) is 1.79. The lowest BCUT2D eigenvalue weighted by molar-refractivity contribution is 0.0697. The third-order valence-corrected chi connectivity index (χ3v) is 3.31. The zero-order valence-corrected chi connectivity index (χ0v) is 10.8. The van der Waals surface area contributed by atoms with Gasteiger partial charge in [0.25, 0.3) is 0 Å². The average Bonchev–Trinajstić information content (AvgIpc) is 2.52. The molecule has 2 rings (SSSR count). The number of aromatic nitrogens is 1. The van der Waals surface area contributed by atoms with Crippen molar-refractivity contribution in [2.75, 3.05) is 5.73 Å². The molecule has 3 N–H and O–H groups in total. The van der Waals surface area contributed by atoms with Crippen LogP contribution in [0, 0.1) is 6.92 Å². The number of carbonyl (C=O) groups is 1. The van der Waals surface area contributed by atoms with E-state index in [4.69, 9.17) is 22.4 Å². The number of nitrogens with zero attached hydrogens (tertiary/aromatic N) is 1. The molecule has 1 aromatic heterocycles. The van der Waals surface area contributed by atoms with Crippen LogP contribution >= 0.6 is 11.6 Å². The van der Waals surface area contributed by atoms with Crippen LogP contribution in [0.2, 0.25) is 5.02 Å². The van der Waals surface area contributed by atoms with E-state index in [1.807, 2.05) is 12.1 Å². The lowest BCUT2D eigenvalue weighted by atomic mass is 10.1. The van der Waals surface area contributed by atoms with E-state index in [1.54, 1.807) is 30.7 Å². The molecule has 0 saturated carbocycles. The summed E-state index contributed by atoms with van der Waals surface area (Å²) in [5, 5.41) is 9.79. The number of halogens is 1. The molecule has 0 aliphatic rings. The van der Waals surface area contributed by atoms with E-state index in [1.165, 1.54) is 0 Å². The summed E-state index contributed by atoms with van der Waals surface area (Å²) >= 11 is 5.83. The van der Waals surface area contributed by atoms with Gasteiger partial charge in [0, 0.05) is 23.3 Å². The highest BCUT2D eigenvalue weighted by atomic mass is 35.5. The summed E-state index contributed by atoms with van der Waals surface area (Å²) in [6.45, 7) is 1.74. The molecule has 0 atom stereocenters. The molecule has 1 heterocycles. The van der Waals surface area contributed by atoms with Crippen LogP contribution in [0.3, 0.4) is 0 Å². The van der Waals surface area contributed by atoms with Crippen molar-refractivity contribution in [3.8, 4) is 11.3 Å². The van der Waals surface area contributed by atoms with Crippen molar-refractivity contribution >= 4 is 23.3 Å². The summed E-state index contributed by atoms with van der Waals surface area (Å²) in [5.74, 6) is -1.01. The fourth-order valence-corrected chi connectivity index (χ4v) is 2.18. The number of carboxylic acid groups (broad SMARTS) is 1. The molecule has 2 aromatic rings. The predicted octanol–water partition coefficient (Wildman–Crippen LogP) is 2.93. The van der Waals surface area contributed by atoms with E-state index in [2.05, 4.69) is 0 Å². The highest BCUT2D eigenvalue weighted by molar-refractivity contribution is 6.30. The van der Waals surface area contributed by atoms with Gasteiger partial charge < -0.3 is 15.4 Å². The Morgan fingerprint density at radius 3 is 2.33 bits per heavy atom. The molecule has 0 bridgehead atoms. The van der Waals surface area contributed by atoms with E-state index in [0.29, 0.717) is 16.4 Å². The fourth-order valence-electron chi connectivity index (χ4n) is 2.06. The first-order valence-electron chi connectivity index (χ1n) is 5.37. The van der Waals surface area contributed by atoms with Crippen LogP contribution in [0.5, 0.6) is 0 Å². The van der Waals surface area contributed by atoms with Gasteiger partial charge in [0.05, 0.1) is 11.4 Å². The Labute approximate surface area is 110 Å². The highest BCUT2D eigenvalue weighted by Crippen LogP contribution is 2.33. The smallest absolute Gasteiger partial charge is 0.339 e. The third-order valence-electron chi connectivity index (χ3n) is 3.06. The summed E-state index contributed by atoms with van der Waals surface area (Å²) in [4.78, 5) is 11.2. The minimum atomic E-state index is -1.01. The van der Waals surface area contributed by atoms with E-state index >= 15 is 0 Å². The van der Waals surface area contributed by atoms with Crippen LogP contribution < -0.4 is 5.73 Å². The van der Waals surface area contributed by atoms with Gasteiger partial charge in [0.2, 0.25) is 0 Å². The maximum Gasteiger partial charge on any atom is 0.339 e. The van der Waals surface area contributed by atoms with Crippen molar-refractivity contribution in [3.63, 3.8) is 0 Å². The Hall–Kier alpha value is -1.94. The van der Waals surface area contributed by atoms with E-state index in [9.17, 15) is 4.79 Å². The summed E-state index contributed by atoms with van der Waals surface area (Å²) in [6.07, 6.45) is 0. The van der Waals surface area contributed by atoms with Crippen molar-refractivity contribution in [3.05, 3.63) is 40.5 Å². The van der Waals surface area contributed by atoms with E-state index < -0.39 is 5.97 Å². The topological polar surface area (TPSA) is 68.2 Å². The molecule has 0 saturated heterocycles. The second-order valence-electron chi connectivity index (χ2n) is 4.09. The van der Waals surface area contributed by atoms with Gasteiger partial charge in [0.1, 0.15) is 5.56 Å². The number of benzene rings is 1. The van der Waals surface area contributed by atoms with Crippen molar-refractivity contribution in [2.24, 2.45) is 7.05 Å². The number of rotatable bonds is 2. The van der Waals surface area contributed by atoms with Crippen LogP contribution in [-0.2, 0) is 7.05 Å². The van der Waals surface area contributed by atoms with Crippen molar-refractivity contribution in [1.29, 1.82) is 0 Å². The van der Waals surface area contributed by atoms with Crippen LogP contribution in [0.1, 0.15) is 16.1 Å². The molecular weight excluding hydrogens is 252 g/mol. The molecule has 0 fully saturated rings. The highest BCUT2D eigenvalue weighted by Gasteiger charge is 2.21. The number of aromatic carboxylic acids is 1. The number of nitrogens with two attached hydrogens (primary N) is 1. The molecule has 5 heteroatoms. The van der Waals surface area contributed by atoms with Crippen molar-refractivity contribution in [1.82, 2.24) is 4.57 Å². The molecule has 1 aromatic carbocycles. The van der Waals surface area contributed by atoms with E-state index in [0.717, 1.165) is 5.56 Å². The Balaban J connectivity index is 2.69. The van der Waals surface area contributed by atoms with Gasteiger partial charge in [-0.2, -0.15) is 0 Å². The molecule has 18 heavy (non-hydrogen) atoms. The van der Waals surface area contributed by atoms with E-state index in [-0.39, 0.29) is 11.3 Å². The minimum Gasteiger partial charge on any atom is -0.478 e. The Morgan fingerprint density at radius 1 is 1.33 bits per heavy atom. The normalized spacial score (nSPS) is 10.6.